The van der Waals surface area contributed by atoms with Gasteiger partial charge in [-0.3, -0.25) is 0 Å². The van der Waals surface area contributed by atoms with Crippen LogP contribution in [0, 0.1) is 0 Å². The van der Waals surface area contributed by atoms with Crippen LogP contribution in [0.2, 0.25) is 0 Å². The second kappa shape index (κ2) is 22.3. The zero-order chi connectivity index (χ0) is 64.3. The third-order valence-electron chi connectivity index (χ3n) is 20.7. The minimum Gasteiger partial charge on any atom is -0.310 e. The van der Waals surface area contributed by atoms with Crippen molar-refractivity contribution in [3.8, 4) is 83.8 Å². The van der Waals surface area contributed by atoms with Crippen LogP contribution in [0.4, 0.5) is 17.1 Å². The number of anilines is 3. The van der Waals surface area contributed by atoms with Crippen molar-refractivity contribution in [3.63, 3.8) is 0 Å². The maximum absolute atomic E-state index is 2.45. The fourth-order valence-electron chi connectivity index (χ4n) is 15.8. The van der Waals surface area contributed by atoms with Gasteiger partial charge in [-0.2, -0.15) is 0 Å². The fourth-order valence-corrected chi connectivity index (χ4v) is 15.8. The fraction of sp³-hybridized carbons (Fsp3) is 0.0323. The van der Waals surface area contributed by atoms with Crippen LogP contribution in [0.5, 0.6) is 0 Å². The van der Waals surface area contributed by atoms with Crippen molar-refractivity contribution >= 4 is 82.5 Å². The van der Waals surface area contributed by atoms with Crippen molar-refractivity contribution in [2.75, 3.05) is 4.90 Å². The Hall–Kier alpha value is -12.5. The van der Waals surface area contributed by atoms with E-state index in [1.54, 1.807) is 0 Å². The first-order valence-corrected chi connectivity index (χ1v) is 33.6. The normalized spacial score (nSPS) is 12.5. The Balaban J connectivity index is 0.656. The molecule has 456 valence electrons. The molecule has 3 heterocycles. The van der Waals surface area contributed by atoms with Gasteiger partial charge in [-0.25, -0.2) is 0 Å². The van der Waals surface area contributed by atoms with Crippen LogP contribution in [0.25, 0.3) is 149 Å². The highest BCUT2D eigenvalue weighted by Gasteiger charge is 2.37. The SMILES string of the molecule is CC1(C)c2cc(-c3ccc4c(c3)c3ccccc3n4-c3ccccc3)ccc2-c2ccc(N(c3ccc(-c4ccc(-c5ccc6c(c5)c5ccccc5n6-c5ccccc5)cc4)cc3)c3ccc(-c4ccc(-c5ccc6c7ccccc7n(-c7ccccc7)c6c5)cc4)cc3)cc21. The van der Waals surface area contributed by atoms with Gasteiger partial charge < -0.3 is 18.6 Å². The van der Waals surface area contributed by atoms with Crippen LogP contribution >= 0.6 is 0 Å². The highest BCUT2D eigenvalue weighted by atomic mass is 15.1. The van der Waals surface area contributed by atoms with E-state index in [-0.39, 0.29) is 5.41 Å². The summed E-state index contributed by atoms with van der Waals surface area (Å²) in [5.41, 5.74) is 30.8. The molecule has 0 fully saturated rings. The van der Waals surface area contributed by atoms with E-state index in [0.717, 1.165) is 39.6 Å². The number of para-hydroxylation sites is 6. The van der Waals surface area contributed by atoms with Gasteiger partial charge in [0.05, 0.1) is 33.1 Å². The quantitative estimate of drug-likeness (QED) is 0.126. The van der Waals surface area contributed by atoms with Gasteiger partial charge in [0.15, 0.2) is 0 Å². The van der Waals surface area contributed by atoms with Gasteiger partial charge in [-0.15, -0.1) is 0 Å². The molecule has 0 atom stereocenters. The van der Waals surface area contributed by atoms with E-state index in [1.807, 2.05) is 0 Å². The molecule has 0 bridgehead atoms. The minimum atomic E-state index is -0.277. The van der Waals surface area contributed by atoms with E-state index in [1.165, 1.54) is 138 Å². The van der Waals surface area contributed by atoms with Gasteiger partial charge >= 0.3 is 0 Å². The van der Waals surface area contributed by atoms with Gasteiger partial charge in [0.25, 0.3) is 0 Å². The Kier molecular flexibility index (Phi) is 12.9. The maximum Gasteiger partial charge on any atom is 0.0547 e. The van der Waals surface area contributed by atoms with E-state index in [0.29, 0.717) is 0 Å². The standard InChI is InChI=1S/C93H64N4/c1-93(2)85-58-69(68-45-55-91-84(57-68)81-26-14-17-29-89(81)96(91)72-20-8-4-9-21-72)42-51-77(85)78-53-50-76(60-86(78)93)94(74-46-38-63(39-47-74)61-30-34-65(35-31-61)67-44-54-90-83(56-67)80-25-13-16-28-88(80)95(90)71-18-6-3-7-19-71)75-48-40-64(41-49-75)62-32-36-66(37-33-62)70-43-52-82-79-24-12-15-27-87(79)97(92(82)59-70)73-22-10-5-11-23-73/h3-60H,1-2H3. The molecule has 4 heteroatoms. The van der Waals surface area contributed by atoms with Crippen LogP contribution in [0.1, 0.15) is 25.0 Å². The van der Waals surface area contributed by atoms with Gasteiger partial charge in [-0.05, 0) is 205 Å². The summed E-state index contributed by atoms with van der Waals surface area (Å²) < 4.78 is 7.16. The third kappa shape index (κ3) is 9.20. The molecule has 4 nitrogen and oxygen atoms in total. The van der Waals surface area contributed by atoms with E-state index in [4.69, 9.17) is 0 Å². The van der Waals surface area contributed by atoms with Gasteiger partial charge in [-0.1, -0.05) is 238 Å². The molecular formula is C93H64N4. The molecule has 1 aliphatic rings. The summed E-state index contributed by atoms with van der Waals surface area (Å²) >= 11 is 0. The van der Waals surface area contributed by atoms with Crippen molar-refractivity contribution in [1.29, 1.82) is 0 Å². The first-order valence-electron chi connectivity index (χ1n) is 33.6. The molecule has 0 saturated carbocycles. The molecule has 0 aliphatic heterocycles. The Morgan fingerprint density at radius 1 is 0.206 bits per heavy atom. The first-order chi connectivity index (χ1) is 47.8. The van der Waals surface area contributed by atoms with Crippen molar-refractivity contribution in [2.45, 2.75) is 19.3 Å². The predicted molar refractivity (Wildman–Crippen MR) is 409 cm³/mol. The Labute approximate surface area is 563 Å². The van der Waals surface area contributed by atoms with E-state index >= 15 is 0 Å². The largest absolute Gasteiger partial charge is 0.310 e. The van der Waals surface area contributed by atoms with Crippen molar-refractivity contribution < 1.29 is 0 Å². The number of benzene rings is 15. The highest BCUT2D eigenvalue weighted by molar-refractivity contribution is 6.13. The summed E-state index contributed by atoms with van der Waals surface area (Å²) in [7, 11) is 0. The zero-order valence-electron chi connectivity index (χ0n) is 53.8. The van der Waals surface area contributed by atoms with E-state index in [2.05, 4.69) is 384 Å². The summed E-state index contributed by atoms with van der Waals surface area (Å²) in [6.07, 6.45) is 0. The number of nitrogens with zero attached hydrogens (tertiary/aromatic N) is 4. The number of rotatable bonds is 11. The summed E-state index contributed by atoms with van der Waals surface area (Å²) in [6, 6.07) is 130. The molecule has 1 aliphatic carbocycles. The van der Waals surface area contributed by atoms with Gasteiger partial charge in [0.2, 0.25) is 0 Å². The molecule has 0 saturated heterocycles. The molecule has 97 heavy (non-hydrogen) atoms. The van der Waals surface area contributed by atoms with Crippen molar-refractivity contribution in [2.24, 2.45) is 0 Å². The van der Waals surface area contributed by atoms with Crippen LogP contribution < -0.4 is 4.90 Å². The number of hydrogen-bond donors (Lipinski definition) is 0. The lowest BCUT2D eigenvalue weighted by Gasteiger charge is -2.28. The smallest absolute Gasteiger partial charge is 0.0547 e. The molecule has 0 radical (unpaired) electrons. The lowest BCUT2D eigenvalue weighted by molar-refractivity contribution is 0.660. The molecular weight excluding hydrogens is 1170 g/mol. The molecule has 0 unspecified atom stereocenters. The van der Waals surface area contributed by atoms with Gasteiger partial charge in [0.1, 0.15) is 0 Å². The number of aromatic nitrogens is 3. The first kappa shape index (κ1) is 56.1. The zero-order valence-corrected chi connectivity index (χ0v) is 53.8. The average Bonchev–Trinajstić information content (AvgIpc) is 1.60. The Bertz CT molecular complexity index is 6090. The van der Waals surface area contributed by atoms with Crippen molar-refractivity contribution in [3.05, 3.63) is 363 Å². The molecule has 0 spiro atoms. The van der Waals surface area contributed by atoms with Gasteiger partial charge in [0, 0.05) is 71.9 Å². The summed E-state index contributed by atoms with van der Waals surface area (Å²) in [5.74, 6) is 0. The lowest BCUT2D eigenvalue weighted by atomic mass is 9.81. The minimum absolute atomic E-state index is 0.277. The van der Waals surface area contributed by atoms with Crippen LogP contribution in [0.15, 0.2) is 352 Å². The summed E-state index contributed by atoms with van der Waals surface area (Å²) in [4.78, 5) is 2.43. The third-order valence-corrected chi connectivity index (χ3v) is 20.7. The molecule has 19 rings (SSSR count). The second-order valence-electron chi connectivity index (χ2n) is 26.5. The Morgan fingerprint density at radius 2 is 0.495 bits per heavy atom. The highest BCUT2D eigenvalue weighted by Crippen LogP contribution is 2.52. The second-order valence-corrected chi connectivity index (χ2v) is 26.5. The van der Waals surface area contributed by atoms with Crippen LogP contribution in [-0.4, -0.2) is 13.7 Å². The van der Waals surface area contributed by atoms with E-state index < -0.39 is 0 Å². The predicted octanol–water partition coefficient (Wildman–Crippen LogP) is 25.1. The van der Waals surface area contributed by atoms with Crippen LogP contribution in [-0.2, 0) is 5.41 Å². The Morgan fingerprint density at radius 3 is 0.959 bits per heavy atom. The summed E-state index contributed by atoms with van der Waals surface area (Å²) in [5, 5.41) is 7.52. The number of hydrogen-bond acceptors (Lipinski definition) is 1. The average molecular weight is 1240 g/mol. The maximum atomic E-state index is 2.45. The summed E-state index contributed by atoms with van der Waals surface area (Å²) in [6.45, 7) is 4.80. The van der Waals surface area contributed by atoms with Crippen LogP contribution in [0.3, 0.4) is 0 Å². The molecule has 0 N–H and O–H groups in total. The lowest BCUT2D eigenvalue weighted by Crippen LogP contribution is -2.16. The molecule has 18 aromatic rings. The monoisotopic (exact) mass is 1240 g/mol. The topological polar surface area (TPSA) is 18.0 Å². The molecule has 0 amide bonds. The van der Waals surface area contributed by atoms with E-state index in [9.17, 15) is 0 Å². The number of fused-ring (bicyclic) bond motifs is 12. The molecule has 15 aromatic carbocycles. The molecule has 3 aromatic heterocycles. The van der Waals surface area contributed by atoms with Crippen molar-refractivity contribution in [1.82, 2.24) is 13.7 Å².